The van der Waals surface area contributed by atoms with Crippen LogP contribution in [0.2, 0.25) is 0 Å². The molecule has 1 N–H and O–H groups in total. The summed E-state index contributed by atoms with van der Waals surface area (Å²) in [5.41, 5.74) is 1.73. The molecule has 0 aromatic heterocycles. The number of benzene rings is 1. The monoisotopic (exact) mass is 245 g/mol. The number of methoxy groups -OCH3 is 1. The lowest BCUT2D eigenvalue weighted by molar-refractivity contribution is -0.139. The molecule has 0 bridgehead atoms. The lowest BCUT2D eigenvalue weighted by Gasteiger charge is -2.00. The van der Waals surface area contributed by atoms with Gasteiger partial charge in [-0.2, -0.15) is 0 Å². The first-order valence-electron chi connectivity index (χ1n) is 5.51. The molecule has 1 amide bonds. The van der Waals surface area contributed by atoms with Gasteiger partial charge in [0.25, 0.3) is 0 Å². The van der Waals surface area contributed by atoms with Crippen LogP contribution in [0.5, 0.6) is 0 Å². The summed E-state index contributed by atoms with van der Waals surface area (Å²) in [6.07, 6.45) is 0.433. The average Bonchev–Trinajstić information content (AvgIpc) is 2.40. The summed E-state index contributed by atoms with van der Waals surface area (Å²) < 4.78 is 4.48. The zero-order valence-corrected chi connectivity index (χ0v) is 10.4. The Labute approximate surface area is 106 Å². The third-order valence-corrected chi connectivity index (χ3v) is 2.29. The van der Waals surface area contributed by atoms with E-state index in [1.807, 2.05) is 24.3 Å². The number of amides is 1. The highest BCUT2D eigenvalue weighted by atomic mass is 16.5. The summed E-state index contributed by atoms with van der Waals surface area (Å²) in [7, 11) is 2.94. The van der Waals surface area contributed by atoms with Crippen LogP contribution in [0.3, 0.4) is 0 Å². The normalized spacial score (nSPS) is 9.00. The van der Waals surface area contributed by atoms with E-state index >= 15 is 0 Å². The number of carbonyl (C=O) groups excluding carboxylic acids is 2. The van der Waals surface area contributed by atoms with Crippen LogP contribution < -0.4 is 5.32 Å². The van der Waals surface area contributed by atoms with Gasteiger partial charge in [-0.3, -0.25) is 9.59 Å². The van der Waals surface area contributed by atoms with Crippen molar-refractivity contribution in [2.24, 2.45) is 0 Å². The minimum Gasteiger partial charge on any atom is -0.468 e. The molecule has 0 aliphatic rings. The van der Waals surface area contributed by atoms with E-state index in [0.717, 1.165) is 11.1 Å². The highest BCUT2D eigenvalue weighted by Crippen LogP contribution is 2.04. The van der Waals surface area contributed by atoms with Gasteiger partial charge in [-0.15, -0.1) is 0 Å². The Balaban J connectivity index is 2.60. The molecule has 0 heterocycles. The van der Waals surface area contributed by atoms with Crippen molar-refractivity contribution in [3.05, 3.63) is 35.4 Å². The number of nitrogens with one attached hydrogen (secondary N) is 1. The molecule has 4 nitrogen and oxygen atoms in total. The molecule has 94 valence electrons. The molecule has 0 saturated carbocycles. The first-order valence-corrected chi connectivity index (χ1v) is 5.51. The molecule has 1 rings (SSSR count). The van der Waals surface area contributed by atoms with E-state index in [1.54, 1.807) is 7.05 Å². The molecule has 0 aliphatic heterocycles. The molecule has 0 atom stereocenters. The van der Waals surface area contributed by atoms with Gasteiger partial charge in [0.1, 0.15) is 6.42 Å². The van der Waals surface area contributed by atoms with Crippen LogP contribution in [-0.4, -0.2) is 26.0 Å². The maximum atomic E-state index is 11.2. The minimum atomic E-state index is -0.348. The summed E-state index contributed by atoms with van der Waals surface area (Å²) >= 11 is 0. The molecule has 1 aromatic rings. The van der Waals surface area contributed by atoms with Crippen molar-refractivity contribution < 1.29 is 14.3 Å². The van der Waals surface area contributed by atoms with Crippen LogP contribution in [0.1, 0.15) is 17.5 Å². The van der Waals surface area contributed by atoms with E-state index in [2.05, 4.69) is 21.9 Å². The standard InChI is InChI=1S/C14H15NO3/c1-15-13(16)10-12-8-6-11(7-9-12)4-3-5-14(17)18-2/h6-9H,5,10H2,1-2H3,(H,15,16). The molecular weight excluding hydrogens is 230 g/mol. The van der Waals surface area contributed by atoms with Crippen LogP contribution in [0.25, 0.3) is 0 Å². The Morgan fingerprint density at radius 2 is 1.94 bits per heavy atom. The lowest BCUT2D eigenvalue weighted by Crippen LogP contribution is -2.19. The van der Waals surface area contributed by atoms with Gasteiger partial charge in [0.2, 0.25) is 5.91 Å². The van der Waals surface area contributed by atoms with Crippen molar-refractivity contribution in [3.63, 3.8) is 0 Å². The summed E-state index contributed by atoms with van der Waals surface area (Å²) in [5.74, 6) is 5.20. The number of carbonyl (C=O) groups is 2. The molecule has 0 saturated heterocycles. The third-order valence-electron chi connectivity index (χ3n) is 2.29. The fourth-order valence-electron chi connectivity index (χ4n) is 1.27. The van der Waals surface area contributed by atoms with E-state index in [9.17, 15) is 9.59 Å². The summed E-state index contributed by atoms with van der Waals surface area (Å²) in [5, 5.41) is 2.56. The number of ether oxygens (including phenoxy) is 1. The van der Waals surface area contributed by atoms with Gasteiger partial charge >= 0.3 is 5.97 Å². The highest BCUT2D eigenvalue weighted by molar-refractivity contribution is 5.78. The van der Waals surface area contributed by atoms with E-state index in [1.165, 1.54) is 7.11 Å². The second-order valence-electron chi connectivity index (χ2n) is 3.60. The number of rotatable bonds is 3. The van der Waals surface area contributed by atoms with Crippen molar-refractivity contribution in [2.45, 2.75) is 12.8 Å². The van der Waals surface area contributed by atoms with Crippen molar-refractivity contribution >= 4 is 11.9 Å². The van der Waals surface area contributed by atoms with Crippen LogP contribution in [0, 0.1) is 11.8 Å². The molecule has 0 radical (unpaired) electrons. The largest absolute Gasteiger partial charge is 0.468 e. The number of hydrogen-bond acceptors (Lipinski definition) is 3. The molecule has 4 heteroatoms. The van der Waals surface area contributed by atoms with Crippen LogP contribution in [0.15, 0.2) is 24.3 Å². The average molecular weight is 245 g/mol. The van der Waals surface area contributed by atoms with Gasteiger partial charge in [-0.05, 0) is 17.7 Å². The van der Waals surface area contributed by atoms with Crippen LogP contribution in [-0.2, 0) is 20.7 Å². The second kappa shape index (κ2) is 7.13. The van der Waals surface area contributed by atoms with Gasteiger partial charge < -0.3 is 10.1 Å². The maximum Gasteiger partial charge on any atom is 0.317 e. The third kappa shape index (κ3) is 4.71. The lowest BCUT2D eigenvalue weighted by atomic mass is 10.1. The van der Waals surface area contributed by atoms with Crippen molar-refractivity contribution in [1.82, 2.24) is 5.32 Å². The number of hydrogen-bond donors (Lipinski definition) is 1. The fourth-order valence-corrected chi connectivity index (χ4v) is 1.27. The van der Waals surface area contributed by atoms with Gasteiger partial charge in [0.15, 0.2) is 0 Å². The van der Waals surface area contributed by atoms with Crippen molar-refractivity contribution in [2.75, 3.05) is 14.2 Å². The Hall–Kier alpha value is -2.28. The van der Waals surface area contributed by atoms with Gasteiger partial charge in [0.05, 0.1) is 13.5 Å². The summed E-state index contributed by atoms with van der Waals surface area (Å²) in [4.78, 5) is 22.0. The van der Waals surface area contributed by atoms with Crippen molar-refractivity contribution in [1.29, 1.82) is 0 Å². The molecule has 0 fully saturated rings. The minimum absolute atomic E-state index is 0.0282. The Morgan fingerprint density at radius 1 is 1.28 bits per heavy atom. The van der Waals surface area contributed by atoms with E-state index in [0.29, 0.717) is 6.42 Å². The molecule has 0 unspecified atom stereocenters. The van der Waals surface area contributed by atoms with Gasteiger partial charge in [-0.1, -0.05) is 24.0 Å². The first kappa shape index (κ1) is 13.8. The number of esters is 1. The smallest absolute Gasteiger partial charge is 0.317 e. The van der Waals surface area contributed by atoms with E-state index in [4.69, 9.17) is 0 Å². The fraction of sp³-hybridized carbons (Fsp3) is 0.286. The van der Waals surface area contributed by atoms with Crippen LogP contribution in [0.4, 0.5) is 0 Å². The topological polar surface area (TPSA) is 55.4 Å². The quantitative estimate of drug-likeness (QED) is 0.635. The summed E-state index contributed by atoms with van der Waals surface area (Å²) in [6, 6.07) is 7.33. The van der Waals surface area contributed by atoms with E-state index in [-0.39, 0.29) is 18.3 Å². The first-order chi connectivity index (χ1) is 8.65. The number of likely N-dealkylation sites (N-methyl/N-ethyl adjacent to an activating group) is 1. The zero-order chi connectivity index (χ0) is 13.4. The highest BCUT2D eigenvalue weighted by Gasteiger charge is 2.00. The predicted molar refractivity (Wildman–Crippen MR) is 67.7 cm³/mol. The second-order valence-corrected chi connectivity index (χ2v) is 3.60. The zero-order valence-electron chi connectivity index (χ0n) is 10.4. The molecule has 1 aromatic carbocycles. The maximum absolute atomic E-state index is 11.2. The molecule has 0 aliphatic carbocycles. The Morgan fingerprint density at radius 3 is 2.50 bits per heavy atom. The Kier molecular flexibility index (Phi) is 5.46. The van der Waals surface area contributed by atoms with Crippen molar-refractivity contribution in [3.8, 4) is 11.8 Å². The predicted octanol–water partition coefficient (Wildman–Crippen LogP) is 0.890. The SMILES string of the molecule is CNC(=O)Cc1ccc(C#CCC(=O)OC)cc1. The molecular formula is C14H15NO3. The van der Waals surface area contributed by atoms with Crippen LogP contribution >= 0.6 is 0 Å². The Bertz CT molecular complexity index is 480. The van der Waals surface area contributed by atoms with E-state index < -0.39 is 0 Å². The van der Waals surface area contributed by atoms with Gasteiger partial charge in [-0.25, -0.2) is 0 Å². The van der Waals surface area contributed by atoms with Gasteiger partial charge in [0, 0.05) is 12.6 Å². The summed E-state index contributed by atoms with van der Waals surface area (Å²) in [6.45, 7) is 0. The molecule has 18 heavy (non-hydrogen) atoms. The molecule has 0 spiro atoms.